The molecule has 0 aliphatic heterocycles. The summed E-state index contributed by atoms with van der Waals surface area (Å²) in [6.07, 6.45) is 2.65. The van der Waals surface area contributed by atoms with Crippen LogP contribution in [0.15, 0.2) is 54.6 Å². The lowest BCUT2D eigenvalue weighted by Crippen LogP contribution is -2.48. The van der Waals surface area contributed by atoms with Gasteiger partial charge in [0, 0.05) is 0 Å². The molecule has 0 saturated heterocycles. The number of carbonyl (C=O) groups is 2. The van der Waals surface area contributed by atoms with Gasteiger partial charge in [0.15, 0.2) is 0 Å². The van der Waals surface area contributed by atoms with Crippen molar-refractivity contribution >= 4 is 18.0 Å². The summed E-state index contributed by atoms with van der Waals surface area (Å²) >= 11 is 0. The first-order valence-electron chi connectivity index (χ1n) is 7.88. The minimum atomic E-state index is -3.20. The van der Waals surface area contributed by atoms with E-state index in [2.05, 4.69) is 9.47 Å². The Hall–Kier alpha value is -3.09. The Balaban J connectivity index is 2.56. The lowest BCUT2D eigenvalue weighted by molar-refractivity contribution is -0.172. The molecule has 2 aromatic rings. The van der Waals surface area contributed by atoms with Gasteiger partial charge in [-0.25, -0.2) is 22.8 Å². The fourth-order valence-electron chi connectivity index (χ4n) is 2.56. The SMILES string of the molecule is COC(=O)C(F)(C(=O)OC)[C@H](/C=C/c1ccc(F)cc1)c1ccc(F)cc1. The minimum Gasteiger partial charge on any atom is -0.466 e. The van der Waals surface area contributed by atoms with Crippen LogP contribution in [0.4, 0.5) is 13.2 Å². The van der Waals surface area contributed by atoms with Crippen molar-refractivity contribution in [2.45, 2.75) is 11.6 Å². The van der Waals surface area contributed by atoms with Crippen molar-refractivity contribution < 1.29 is 32.2 Å². The number of hydrogen-bond acceptors (Lipinski definition) is 4. The molecular weight excluding hydrogens is 361 g/mol. The Morgan fingerprint density at radius 2 is 1.33 bits per heavy atom. The lowest BCUT2D eigenvalue weighted by atomic mass is 9.82. The van der Waals surface area contributed by atoms with E-state index < -0.39 is 35.2 Å². The molecule has 0 amide bonds. The molecule has 0 radical (unpaired) electrons. The zero-order chi connectivity index (χ0) is 20.0. The average molecular weight is 378 g/mol. The fourth-order valence-corrected chi connectivity index (χ4v) is 2.56. The molecular formula is C20H17F3O4. The van der Waals surface area contributed by atoms with Gasteiger partial charge >= 0.3 is 17.6 Å². The third-order valence-electron chi connectivity index (χ3n) is 3.97. The molecule has 0 aromatic heterocycles. The molecule has 4 nitrogen and oxygen atoms in total. The topological polar surface area (TPSA) is 52.6 Å². The second-order valence-corrected chi connectivity index (χ2v) is 5.63. The Morgan fingerprint density at radius 3 is 1.78 bits per heavy atom. The maximum absolute atomic E-state index is 15.6. The fraction of sp³-hybridized carbons (Fsp3) is 0.200. The molecule has 27 heavy (non-hydrogen) atoms. The summed E-state index contributed by atoms with van der Waals surface area (Å²) in [5.41, 5.74) is -2.55. The highest BCUT2D eigenvalue weighted by molar-refractivity contribution is 6.05. The molecule has 0 saturated carbocycles. The summed E-state index contributed by atoms with van der Waals surface area (Å²) in [4.78, 5) is 24.2. The Morgan fingerprint density at radius 1 is 0.889 bits per heavy atom. The first-order chi connectivity index (χ1) is 12.8. The Bertz CT molecular complexity index is 813. The van der Waals surface area contributed by atoms with Gasteiger partial charge in [-0.05, 0) is 35.4 Å². The van der Waals surface area contributed by atoms with Crippen LogP contribution in [0.5, 0.6) is 0 Å². The van der Waals surface area contributed by atoms with Crippen LogP contribution >= 0.6 is 0 Å². The summed E-state index contributed by atoms with van der Waals surface area (Å²) in [5, 5.41) is 0. The van der Waals surface area contributed by atoms with E-state index in [0.29, 0.717) is 5.56 Å². The number of esters is 2. The number of hydrogen-bond donors (Lipinski definition) is 0. The van der Waals surface area contributed by atoms with Crippen LogP contribution in [0.2, 0.25) is 0 Å². The van der Waals surface area contributed by atoms with Crippen LogP contribution < -0.4 is 0 Å². The smallest absolute Gasteiger partial charge is 0.356 e. The molecule has 0 heterocycles. The van der Waals surface area contributed by atoms with Gasteiger partial charge < -0.3 is 9.47 Å². The van der Waals surface area contributed by atoms with Crippen molar-refractivity contribution in [3.8, 4) is 0 Å². The normalized spacial score (nSPS) is 12.6. The number of allylic oxidation sites excluding steroid dienone is 1. The van der Waals surface area contributed by atoms with Crippen LogP contribution in [0.3, 0.4) is 0 Å². The average Bonchev–Trinajstić information content (AvgIpc) is 2.69. The van der Waals surface area contributed by atoms with E-state index >= 15 is 4.39 Å². The summed E-state index contributed by atoms with van der Waals surface area (Å²) in [6.45, 7) is 0. The predicted octanol–water partition coefficient (Wildman–Crippen LogP) is 3.82. The minimum absolute atomic E-state index is 0.146. The molecule has 0 fully saturated rings. The van der Waals surface area contributed by atoms with E-state index in [1.165, 1.54) is 48.6 Å². The van der Waals surface area contributed by atoms with Crippen LogP contribution in [0.1, 0.15) is 17.0 Å². The lowest BCUT2D eigenvalue weighted by Gasteiger charge is -2.27. The monoisotopic (exact) mass is 378 g/mol. The van der Waals surface area contributed by atoms with E-state index in [0.717, 1.165) is 26.4 Å². The highest BCUT2D eigenvalue weighted by atomic mass is 19.1. The summed E-state index contributed by atoms with van der Waals surface area (Å²) < 4.78 is 50.9. The number of halogens is 3. The molecule has 0 aliphatic rings. The predicted molar refractivity (Wildman–Crippen MR) is 92.4 cm³/mol. The van der Waals surface area contributed by atoms with Gasteiger partial charge in [0.25, 0.3) is 0 Å². The number of benzene rings is 2. The molecule has 7 heteroatoms. The van der Waals surface area contributed by atoms with Crippen molar-refractivity contribution in [1.82, 2.24) is 0 Å². The highest BCUT2D eigenvalue weighted by Gasteiger charge is 2.55. The first kappa shape index (κ1) is 20.2. The van der Waals surface area contributed by atoms with Crippen LogP contribution in [0, 0.1) is 11.6 Å². The van der Waals surface area contributed by atoms with Crippen molar-refractivity contribution in [2.24, 2.45) is 0 Å². The molecule has 0 bridgehead atoms. The number of carbonyl (C=O) groups excluding carboxylic acids is 2. The number of rotatable bonds is 6. The summed E-state index contributed by atoms with van der Waals surface area (Å²) in [5.74, 6) is -5.39. The summed E-state index contributed by atoms with van der Waals surface area (Å²) in [6, 6.07) is 9.91. The van der Waals surface area contributed by atoms with Crippen LogP contribution in [-0.2, 0) is 19.1 Å². The van der Waals surface area contributed by atoms with Crippen molar-refractivity contribution in [3.63, 3.8) is 0 Å². The van der Waals surface area contributed by atoms with E-state index in [9.17, 15) is 18.4 Å². The molecule has 0 aliphatic carbocycles. The van der Waals surface area contributed by atoms with E-state index in [-0.39, 0.29) is 5.56 Å². The van der Waals surface area contributed by atoms with Gasteiger partial charge in [0.1, 0.15) is 11.6 Å². The van der Waals surface area contributed by atoms with Gasteiger partial charge in [-0.15, -0.1) is 0 Å². The standard InChI is InChI=1S/C20H17F3O4/c1-26-18(24)20(23,19(25)27-2)17(14-6-10-16(22)11-7-14)12-5-13-3-8-15(21)9-4-13/h3-12,17H,1-2H3/b12-5+/t17-/m1/s1. The van der Waals surface area contributed by atoms with Gasteiger partial charge in [-0.2, -0.15) is 0 Å². The molecule has 1 atom stereocenters. The Kier molecular flexibility index (Phi) is 6.39. The molecule has 2 rings (SSSR count). The van der Waals surface area contributed by atoms with E-state index in [1.807, 2.05) is 0 Å². The second-order valence-electron chi connectivity index (χ2n) is 5.63. The molecule has 142 valence electrons. The maximum Gasteiger partial charge on any atom is 0.356 e. The molecule has 0 spiro atoms. The molecule has 0 unspecified atom stereocenters. The van der Waals surface area contributed by atoms with Gasteiger partial charge in [-0.1, -0.05) is 36.4 Å². The summed E-state index contributed by atoms with van der Waals surface area (Å²) in [7, 11) is 1.87. The van der Waals surface area contributed by atoms with Crippen molar-refractivity contribution in [2.75, 3.05) is 14.2 Å². The second kappa shape index (κ2) is 8.53. The third kappa shape index (κ3) is 4.36. The third-order valence-corrected chi connectivity index (χ3v) is 3.97. The maximum atomic E-state index is 15.6. The van der Waals surface area contributed by atoms with Gasteiger partial charge in [0.2, 0.25) is 0 Å². The van der Waals surface area contributed by atoms with Gasteiger partial charge in [0.05, 0.1) is 20.1 Å². The van der Waals surface area contributed by atoms with Crippen LogP contribution in [-0.4, -0.2) is 31.8 Å². The van der Waals surface area contributed by atoms with E-state index in [4.69, 9.17) is 0 Å². The van der Waals surface area contributed by atoms with Crippen molar-refractivity contribution in [3.05, 3.63) is 77.4 Å². The quantitative estimate of drug-likeness (QED) is 0.567. The first-order valence-corrected chi connectivity index (χ1v) is 7.88. The number of alkyl halides is 1. The molecule has 2 aromatic carbocycles. The highest BCUT2D eigenvalue weighted by Crippen LogP contribution is 2.36. The Labute approximate surface area is 154 Å². The largest absolute Gasteiger partial charge is 0.466 e. The van der Waals surface area contributed by atoms with Crippen molar-refractivity contribution in [1.29, 1.82) is 0 Å². The molecule has 0 N–H and O–H groups in total. The van der Waals surface area contributed by atoms with Crippen LogP contribution in [0.25, 0.3) is 6.08 Å². The zero-order valence-electron chi connectivity index (χ0n) is 14.6. The van der Waals surface area contributed by atoms with E-state index in [1.54, 1.807) is 0 Å². The number of methoxy groups -OCH3 is 2. The zero-order valence-corrected chi connectivity index (χ0v) is 14.6. The van der Waals surface area contributed by atoms with Gasteiger partial charge in [-0.3, -0.25) is 0 Å². The number of ether oxygens (including phenoxy) is 2.